The molecule has 3 aliphatic heterocycles. The average Bonchev–Trinajstić information content (AvgIpc) is 3.43. The fraction of sp³-hybridized carbons (Fsp3) is 0.400. The first-order valence-electron chi connectivity index (χ1n) is 11.2. The van der Waals surface area contributed by atoms with E-state index in [0.29, 0.717) is 6.61 Å². The first-order chi connectivity index (χ1) is 15.8. The van der Waals surface area contributed by atoms with Crippen LogP contribution in [-0.4, -0.2) is 68.1 Å². The van der Waals surface area contributed by atoms with Crippen molar-refractivity contribution in [2.45, 2.75) is 12.6 Å². The number of fused-ring (bicyclic) bond motifs is 4. The zero-order valence-electron chi connectivity index (χ0n) is 18.2. The lowest BCUT2D eigenvalue weighted by Crippen LogP contribution is -2.49. The molecule has 6 nitrogen and oxygen atoms in total. The number of ether oxygens (including phenoxy) is 2. The topological polar surface area (TPSA) is 46.5 Å². The molecule has 6 rings (SSSR count). The summed E-state index contributed by atoms with van der Waals surface area (Å²) in [6.45, 7) is 6.81. The first-order valence-corrected chi connectivity index (χ1v) is 12.1. The van der Waals surface area contributed by atoms with Crippen LogP contribution in [-0.2, 0) is 11.4 Å². The number of rotatable bonds is 5. The van der Waals surface area contributed by atoms with Crippen LogP contribution in [0, 0.1) is 5.92 Å². The van der Waals surface area contributed by atoms with Crippen LogP contribution in [0.3, 0.4) is 0 Å². The Hall–Kier alpha value is -2.61. The van der Waals surface area contributed by atoms with Crippen molar-refractivity contribution in [3.8, 4) is 11.5 Å². The highest BCUT2D eigenvalue weighted by molar-refractivity contribution is 7.19. The molecule has 0 unspecified atom stereocenters. The Morgan fingerprint density at radius 2 is 1.91 bits per heavy atom. The molecule has 0 amide bonds. The van der Waals surface area contributed by atoms with Gasteiger partial charge < -0.3 is 14.3 Å². The second-order valence-corrected chi connectivity index (χ2v) is 9.90. The van der Waals surface area contributed by atoms with Gasteiger partial charge in [-0.25, -0.2) is 0 Å². The van der Waals surface area contributed by atoms with Crippen molar-refractivity contribution in [3.05, 3.63) is 59.0 Å². The van der Waals surface area contributed by atoms with Crippen LogP contribution in [0.25, 0.3) is 10.1 Å². The summed E-state index contributed by atoms with van der Waals surface area (Å²) in [5, 5.41) is 5.81. The largest absolute Gasteiger partial charge is 0.497 e. The second-order valence-electron chi connectivity index (χ2n) is 8.73. The van der Waals surface area contributed by atoms with E-state index in [1.807, 2.05) is 29.5 Å². The van der Waals surface area contributed by atoms with Gasteiger partial charge >= 0.3 is 0 Å². The first kappa shape index (κ1) is 20.0. The quantitative estimate of drug-likeness (QED) is 0.592. The number of thiophene rings is 1. The van der Waals surface area contributed by atoms with Crippen LogP contribution < -0.4 is 9.47 Å². The van der Waals surface area contributed by atoms with Crippen LogP contribution >= 0.6 is 11.3 Å². The highest BCUT2D eigenvalue weighted by Crippen LogP contribution is 2.36. The van der Waals surface area contributed by atoms with E-state index in [0.717, 1.165) is 62.0 Å². The van der Waals surface area contributed by atoms with E-state index in [4.69, 9.17) is 14.3 Å². The third-order valence-electron chi connectivity index (χ3n) is 6.73. The van der Waals surface area contributed by atoms with Crippen LogP contribution in [0.4, 0.5) is 0 Å². The van der Waals surface area contributed by atoms with E-state index in [2.05, 4.69) is 45.3 Å². The summed E-state index contributed by atoms with van der Waals surface area (Å²) in [5.41, 5.74) is 2.00. The van der Waals surface area contributed by atoms with Crippen molar-refractivity contribution < 1.29 is 14.3 Å². The molecule has 0 radical (unpaired) electrons. The maximum Gasteiger partial charge on any atom is 0.151 e. The van der Waals surface area contributed by atoms with Crippen LogP contribution in [0.1, 0.15) is 10.4 Å². The molecule has 0 spiro atoms. The minimum absolute atomic E-state index is 0.0403. The molecular formula is C25H27N3O3S. The van der Waals surface area contributed by atoms with E-state index in [-0.39, 0.29) is 12.0 Å². The van der Waals surface area contributed by atoms with E-state index in [9.17, 15) is 0 Å². The third kappa shape index (κ3) is 3.74. The number of piperazine rings is 1. The highest BCUT2D eigenvalue weighted by atomic mass is 32.1. The normalized spacial score (nSPS) is 23.2. The lowest BCUT2D eigenvalue weighted by Gasteiger charge is -2.36. The minimum Gasteiger partial charge on any atom is -0.497 e. The number of methoxy groups -OCH3 is 1. The van der Waals surface area contributed by atoms with E-state index < -0.39 is 0 Å². The second kappa shape index (κ2) is 8.39. The number of nitrogens with zero attached hydrogens (tertiary/aromatic N) is 3. The van der Waals surface area contributed by atoms with Crippen molar-refractivity contribution in [1.29, 1.82) is 0 Å². The van der Waals surface area contributed by atoms with Gasteiger partial charge in [0.05, 0.1) is 13.0 Å². The van der Waals surface area contributed by atoms with Gasteiger partial charge in [-0.1, -0.05) is 23.4 Å². The van der Waals surface area contributed by atoms with Crippen molar-refractivity contribution >= 4 is 27.1 Å². The monoisotopic (exact) mass is 449 g/mol. The molecule has 7 heteroatoms. The smallest absolute Gasteiger partial charge is 0.151 e. The predicted octanol–water partition coefficient (Wildman–Crippen LogP) is 3.84. The van der Waals surface area contributed by atoms with Crippen molar-refractivity contribution in [3.63, 3.8) is 0 Å². The predicted molar refractivity (Wildman–Crippen MR) is 127 cm³/mol. The molecule has 0 N–H and O–H groups in total. The molecule has 0 saturated carbocycles. The van der Waals surface area contributed by atoms with Gasteiger partial charge in [0.25, 0.3) is 0 Å². The maximum atomic E-state index is 6.02. The van der Waals surface area contributed by atoms with E-state index in [1.54, 1.807) is 7.11 Å². The molecule has 2 atom stereocenters. The molecule has 166 valence electrons. The summed E-state index contributed by atoms with van der Waals surface area (Å²) in [7, 11) is 1.68. The van der Waals surface area contributed by atoms with Crippen LogP contribution in [0.15, 0.2) is 53.7 Å². The Balaban J connectivity index is 1.05. The zero-order valence-corrected chi connectivity index (χ0v) is 19.0. The van der Waals surface area contributed by atoms with Crippen LogP contribution in [0.5, 0.6) is 11.5 Å². The Morgan fingerprint density at radius 1 is 1.06 bits per heavy atom. The van der Waals surface area contributed by atoms with Gasteiger partial charge in [0.15, 0.2) is 6.10 Å². The lowest BCUT2D eigenvalue weighted by atomic mass is 9.90. The number of oxime groups is 1. The highest BCUT2D eigenvalue weighted by Gasteiger charge is 2.41. The molecule has 1 fully saturated rings. The summed E-state index contributed by atoms with van der Waals surface area (Å²) < 4.78 is 12.8. The van der Waals surface area contributed by atoms with E-state index in [1.165, 1.54) is 15.0 Å². The van der Waals surface area contributed by atoms with Crippen LogP contribution in [0.2, 0.25) is 0 Å². The lowest BCUT2D eigenvalue weighted by molar-refractivity contribution is 0.00859. The average molecular weight is 450 g/mol. The van der Waals surface area contributed by atoms with E-state index >= 15 is 0 Å². The van der Waals surface area contributed by atoms with Gasteiger partial charge in [-0.15, -0.1) is 11.3 Å². The zero-order chi connectivity index (χ0) is 21.5. The summed E-state index contributed by atoms with van der Waals surface area (Å²) in [6, 6.07) is 16.9. The molecule has 0 aliphatic carbocycles. The molecule has 3 aromatic rings. The van der Waals surface area contributed by atoms with Crippen molar-refractivity contribution in [2.24, 2.45) is 11.1 Å². The minimum atomic E-state index is 0.0403. The maximum absolute atomic E-state index is 6.02. The number of hydrogen-bond acceptors (Lipinski definition) is 7. The molecule has 1 saturated heterocycles. The fourth-order valence-electron chi connectivity index (χ4n) is 4.90. The Kier molecular flexibility index (Phi) is 5.25. The Morgan fingerprint density at radius 3 is 2.75 bits per heavy atom. The van der Waals surface area contributed by atoms with Gasteiger partial charge in [0.2, 0.25) is 0 Å². The third-order valence-corrected chi connectivity index (χ3v) is 7.83. The molecule has 32 heavy (non-hydrogen) atoms. The summed E-state index contributed by atoms with van der Waals surface area (Å²) in [6.07, 6.45) is 0.0403. The molecule has 0 bridgehead atoms. The standard InChI is InChI=1S/C25H27N3O3S/c1-29-18-6-7-22-20(13-18)25-21(16-30-22)23(31-26-25)15-28-10-8-27(9-11-28)14-19-12-17-4-2-3-5-24(17)32-19/h2-7,12-13,21,23H,8-11,14-16H2,1H3/t21-,23-/m0/s1. The van der Waals surface area contributed by atoms with Gasteiger partial charge in [0, 0.05) is 54.4 Å². The Labute approximate surface area is 192 Å². The summed E-state index contributed by atoms with van der Waals surface area (Å²) in [4.78, 5) is 12.4. The molecular weight excluding hydrogens is 422 g/mol. The number of benzene rings is 2. The molecule has 4 heterocycles. The van der Waals surface area contributed by atoms with Gasteiger partial charge in [-0.05, 0) is 35.7 Å². The SMILES string of the molecule is COc1ccc2c(c1)C1=NO[C@@H](CN3CCN(Cc4cc5ccccc5s4)CC3)[C@@H]1CO2. The number of hydrogen-bond donors (Lipinski definition) is 0. The Bertz CT molecular complexity index is 1120. The van der Waals surface area contributed by atoms with Gasteiger partial charge in [0.1, 0.15) is 23.8 Å². The van der Waals surface area contributed by atoms with Gasteiger partial charge in [-0.2, -0.15) is 0 Å². The fourth-order valence-corrected chi connectivity index (χ4v) is 6.01. The molecule has 3 aliphatic rings. The van der Waals surface area contributed by atoms with Crippen molar-refractivity contribution in [1.82, 2.24) is 9.80 Å². The van der Waals surface area contributed by atoms with Crippen molar-refractivity contribution in [2.75, 3.05) is 46.4 Å². The summed E-state index contributed by atoms with van der Waals surface area (Å²) >= 11 is 1.91. The van der Waals surface area contributed by atoms with Gasteiger partial charge in [-0.3, -0.25) is 9.80 Å². The molecule has 2 aromatic carbocycles. The molecule has 1 aromatic heterocycles. The summed E-state index contributed by atoms with van der Waals surface area (Å²) in [5.74, 6) is 1.85.